The van der Waals surface area contributed by atoms with Gasteiger partial charge in [0.1, 0.15) is 0 Å². The van der Waals surface area contributed by atoms with Crippen molar-refractivity contribution in [3.05, 3.63) is 0 Å². The van der Waals surface area contributed by atoms with Crippen LogP contribution < -0.4 is 11.5 Å². The van der Waals surface area contributed by atoms with Crippen LogP contribution in [0.3, 0.4) is 0 Å². The first-order valence-corrected chi connectivity index (χ1v) is 3.42. The zero-order valence-electron chi connectivity index (χ0n) is 6.53. The van der Waals surface area contributed by atoms with Crippen LogP contribution in [0.2, 0.25) is 0 Å². The smallest absolute Gasteiger partial charge is 0.308 e. The first kappa shape index (κ1) is 10.9. The van der Waals surface area contributed by atoms with Crippen molar-refractivity contribution in [2.45, 2.75) is 19.1 Å². The number of primary amides is 1. The number of aliphatic hydroxyl groups is 1. The van der Waals surface area contributed by atoms with Crippen LogP contribution >= 0.6 is 0 Å². The van der Waals surface area contributed by atoms with Gasteiger partial charge in [-0.1, -0.05) is 0 Å². The summed E-state index contributed by atoms with van der Waals surface area (Å²) in [5.41, 5.74) is 9.73. The second-order valence-corrected chi connectivity index (χ2v) is 2.15. The number of nitrogens with two attached hydrogens (primary N) is 2. The number of rotatable bonds is 5. The Morgan fingerprint density at radius 1 is 1.42 bits per heavy atom. The molecule has 1 amide bonds. The van der Waals surface area contributed by atoms with Gasteiger partial charge in [0.05, 0.1) is 13.0 Å². The largest absolute Gasteiger partial charge is 0.435 e. The van der Waals surface area contributed by atoms with Gasteiger partial charge < -0.3 is 21.3 Å². The van der Waals surface area contributed by atoms with Crippen molar-refractivity contribution in [3.63, 3.8) is 0 Å². The van der Waals surface area contributed by atoms with Gasteiger partial charge in [0.25, 0.3) is 0 Å². The maximum absolute atomic E-state index is 10.7. The Morgan fingerprint density at radius 3 is 2.42 bits per heavy atom. The highest BCUT2D eigenvalue weighted by molar-refractivity contribution is 5.79. The monoisotopic (exact) mass is 176 g/mol. The lowest BCUT2D eigenvalue weighted by Crippen LogP contribution is -2.26. The minimum absolute atomic E-state index is 0.0872. The Bertz CT molecular complexity index is 171. The molecule has 0 radical (unpaired) electrons. The van der Waals surface area contributed by atoms with Gasteiger partial charge in [0, 0.05) is 6.42 Å². The highest BCUT2D eigenvalue weighted by atomic mass is 16.6. The molecule has 0 heterocycles. The molecule has 0 aliphatic carbocycles. The molecule has 0 aromatic heterocycles. The van der Waals surface area contributed by atoms with Crippen LogP contribution in [0, 0.1) is 0 Å². The first-order valence-electron chi connectivity index (χ1n) is 3.42. The summed E-state index contributed by atoms with van der Waals surface area (Å²) in [5.74, 6) is -1.28. The summed E-state index contributed by atoms with van der Waals surface area (Å²) in [5, 5.41) is 8.71. The van der Waals surface area contributed by atoms with Gasteiger partial charge in [-0.3, -0.25) is 9.59 Å². The molecule has 0 aliphatic heterocycles. The van der Waals surface area contributed by atoms with E-state index in [9.17, 15) is 9.59 Å². The van der Waals surface area contributed by atoms with Gasteiger partial charge in [0.2, 0.25) is 12.2 Å². The van der Waals surface area contributed by atoms with Crippen LogP contribution in [0.25, 0.3) is 0 Å². The summed E-state index contributed by atoms with van der Waals surface area (Å²) < 4.78 is 4.33. The van der Waals surface area contributed by atoms with Crippen molar-refractivity contribution in [2.24, 2.45) is 11.5 Å². The fourth-order valence-electron chi connectivity index (χ4n) is 0.484. The molecule has 0 rings (SSSR count). The summed E-state index contributed by atoms with van der Waals surface area (Å²) in [6, 6.07) is 0. The van der Waals surface area contributed by atoms with Gasteiger partial charge in [-0.2, -0.15) is 0 Å². The molecule has 0 saturated carbocycles. The fraction of sp³-hybridized carbons (Fsp3) is 0.667. The van der Waals surface area contributed by atoms with Crippen LogP contribution in [0.1, 0.15) is 12.8 Å². The third kappa shape index (κ3) is 5.63. The Labute approximate surface area is 69.5 Å². The number of amides is 1. The van der Waals surface area contributed by atoms with E-state index in [0.29, 0.717) is 0 Å². The van der Waals surface area contributed by atoms with E-state index in [-0.39, 0.29) is 19.4 Å². The van der Waals surface area contributed by atoms with Crippen LogP contribution in [0.4, 0.5) is 0 Å². The Hall–Kier alpha value is -1.14. The van der Waals surface area contributed by atoms with E-state index in [2.05, 4.69) is 4.74 Å². The molecule has 70 valence electrons. The van der Waals surface area contributed by atoms with E-state index in [0.717, 1.165) is 0 Å². The average Bonchev–Trinajstić information content (AvgIpc) is 2.00. The lowest BCUT2D eigenvalue weighted by atomic mass is 10.3. The van der Waals surface area contributed by atoms with Crippen LogP contribution in [-0.2, 0) is 14.3 Å². The molecular weight excluding hydrogens is 164 g/mol. The van der Waals surface area contributed by atoms with E-state index in [1.165, 1.54) is 0 Å². The summed E-state index contributed by atoms with van der Waals surface area (Å²) in [6.07, 6.45) is -1.52. The van der Waals surface area contributed by atoms with Crippen molar-refractivity contribution in [3.8, 4) is 0 Å². The molecule has 0 aromatic rings. The van der Waals surface area contributed by atoms with E-state index < -0.39 is 18.2 Å². The molecule has 6 heteroatoms. The maximum Gasteiger partial charge on any atom is 0.308 e. The van der Waals surface area contributed by atoms with Gasteiger partial charge in [-0.25, -0.2) is 0 Å². The molecule has 0 aliphatic rings. The Kier molecular flexibility index (Phi) is 4.98. The second kappa shape index (κ2) is 5.50. The Balaban J connectivity index is 3.53. The van der Waals surface area contributed by atoms with Crippen molar-refractivity contribution in [2.75, 3.05) is 6.54 Å². The molecule has 6 nitrogen and oxygen atoms in total. The van der Waals surface area contributed by atoms with Crippen LogP contribution in [0.15, 0.2) is 0 Å². The van der Waals surface area contributed by atoms with E-state index >= 15 is 0 Å². The van der Waals surface area contributed by atoms with Crippen LogP contribution in [-0.4, -0.2) is 29.8 Å². The SMILES string of the molecule is NCC(O)OC(=O)CCC(N)=O. The molecule has 0 aromatic carbocycles. The highest BCUT2D eigenvalue weighted by Crippen LogP contribution is 1.94. The molecule has 1 unspecified atom stereocenters. The van der Waals surface area contributed by atoms with E-state index in [1.54, 1.807) is 0 Å². The van der Waals surface area contributed by atoms with E-state index in [4.69, 9.17) is 16.6 Å². The summed E-state index contributed by atoms with van der Waals surface area (Å²) in [7, 11) is 0. The number of hydrogen-bond donors (Lipinski definition) is 3. The van der Waals surface area contributed by atoms with Crippen molar-refractivity contribution >= 4 is 11.9 Å². The normalized spacial score (nSPS) is 12.2. The molecule has 0 fully saturated rings. The number of hydrogen-bond acceptors (Lipinski definition) is 5. The summed E-state index contributed by atoms with van der Waals surface area (Å²) >= 11 is 0. The number of carbonyl (C=O) groups excluding carboxylic acids is 2. The molecular formula is C6H12N2O4. The molecule has 12 heavy (non-hydrogen) atoms. The van der Waals surface area contributed by atoms with Crippen LogP contribution in [0.5, 0.6) is 0 Å². The second-order valence-electron chi connectivity index (χ2n) is 2.15. The fourth-order valence-corrected chi connectivity index (χ4v) is 0.484. The van der Waals surface area contributed by atoms with Gasteiger partial charge in [-0.05, 0) is 0 Å². The number of ether oxygens (including phenoxy) is 1. The maximum atomic E-state index is 10.7. The highest BCUT2D eigenvalue weighted by Gasteiger charge is 2.09. The summed E-state index contributed by atoms with van der Waals surface area (Å²) in [6.45, 7) is -0.164. The topological polar surface area (TPSA) is 116 Å². The molecule has 0 saturated heterocycles. The van der Waals surface area contributed by atoms with Gasteiger partial charge >= 0.3 is 5.97 Å². The number of esters is 1. The van der Waals surface area contributed by atoms with E-state index in [1.807, 2.05) is 0 Å². The Morgan fingerprint density at radius 2 is 2.00 bits per heavy atom. The predicted octanol–water partition coefficient (Wildman–Crippen LogP) is -1.93. The standard InChI is InChI=1S/C6H12N2O4/c7-3-6(11)12-5(10)2-1-4(8)9/h6,11H,1-3,7H2,(H2,8,9). The first-order chi connectivity index (χ1) is 5.56. The summed E-state index contributed by atoms with van der Waals surface area (Å²) in [4.78, 5) is 20.9. The quantitative estimate of drug-likeness (QED) is 0.333. The predicted molar refractivity (Wildman–Crippen MR) is 39.6 cm³/mol. The zero-order chi connectivity index (χ0) is 9.56. The van der Waals surface area contributed by atoms with Gasteiger partial charge in [-0.15, -0.1) is 0 Å². The average molecular weight is 176 g/mol. The molecule has 5 N–H and O–H groups in total. The number of carbonyl (C=O) groups is 2. The third-order valence-corrected chi connectivity index (χ3v) is 1.04. The van der Waals surface area contributed by atoms with Crippen molar-refractivity contribution in [1.29, 1.82) is 0 Å². The molecule has 0 bridgehead atoms. The third-order valence-electron chi connectivity index (χ3n) is 1.04. The lowest BCUT2D eigenvalue weighted by molar-refractivity contribution is -0.166. The lowest BCUT2D eigenvalue weighted by Gasteiger charge is -2.08. The zero-order valence-corrected chi connectivity index (χ0v) is 6.53. The van der Waals surface area contributed by atoms with Crippen molar-refractivity contribution < 1.29 is 19.4 Å². The number of aliphatic hydroxyl groups excluding tert-OH is 1. The molecule has 1 atom stereocenters. The van der Waals surface area contributed by atoms with Gasteiger partial charge in [0.15, 0.2) is 0 Å². The minimum atomic E-state index is -1.30. The van der Waals surface area contributed by atoms with Crippen molar-refractivity contribution in [1.82, 2.24) is 0 Å². The minimum Gasteiger partial charge on any atom is -0.435 e. The molecule has 0 spiro atoms.